The highest BCUT2D eigenvalue weighted by Crippen LogP contribution is 2.40. The number of carbonyl (C=O) groups is 2. The van der Waals surface area contributed by atoms with Crippen molar-refractivity contribution in [2.75, 3.05) is 0 Å². The monoisotopic (exact) mass is 460 g/mol. The number of halogens is 1. The van der Waals surface area contributed by atoms with Gasteiger partial charge in [0.05, 0.1) is 11.6 Å². The molecule has 1 saturated heterocycles. The molecule has 3 aromatic rings. The Morgan fingerprint density at radius 2 is 1.70 bits per heavy atom. The first-order valence-corrected chi connectivity index (χ1v) is 11.1. The van der Waals surface area contributed by atoms with E-state index in [2.05, 4.69) is 25.8 Å². The van der Waals surface area contributed by atoms with E-state index < -0.39 is 17.7 Å². The lowest BCUT2D eigenvalue weighted by atomic mass is 9.85. The number of aliphatic hydroxyl groups excluding tert-OH is 1. The second-order valence-corrected chi connectivity index (χ2v) is 9.60. The largest absolute Gasteiger partial charge is 0.507 e. The number of pyridine rings is 1. The van der Waals surface area contributed by atoms with Gasteiger partial charge in [-0.1, -0.05) is 62.7 Å². The van der Waals surface area contributed by atoms with Crippen LogP contribution in [0.3, 0.4) is 0 Å². The van der Waals surface area contributed by atoms with E-state index in [0.717, 1.165) is 16.7 Å². The summed E-state index contributed by atoms with van der Waals surface area (Å²) in [5.74, 6) is -1.58. The summed E-state index contributed by atoms with van der Waals surface area (Å²) >= 11 is 5.98. The number of aliphatic hydroxyl groups is 1. The van der Waals surface area contributed by atoms with Crippen LogP contribution in [-0.4, -0.2) is 26.7 Å². The van der Waals surface area contributed by atoms with Gasteiger partial charge < -0.3 is 10.0 Å². The average Bonchev–Trinajstić information content (AvgIpc) is 3.04. The zero-order valence-electron chi connectivity index (χ0n) is 18.7. The van der Waals surface area contributed by atoms with Gasteiger partial charge in [0.2, 0.25) is 0 Å². The van der Waals surface area contributed by atoms with Gasteiger partial charge in [0.1, 0.15) is 5.76 Å². The summed E-state index contributed by atoms with van der Waals surface area (Å²) < 4.78 is 0. The molecule has 1 amide bonds. The number of benzene rings is 2. The fourth-order valence-corrected chi connectivity index (χ4v) is 4.13. The lowest BCUT2D eigenvalue weighted by Crippen LogP contribution is -2.29. The molecule has 1 atom stereocenters. The van der Waals surface area contributed by atoms with Gasteiger partial charge in [-0.2, -0.15) is 0 Å². The number of rotatable bonds is 4. The first kappa shape index (κ1) is 22.7. The third kappa shape index (κ3) is 4.55. The SMILES string of the molecule is CC(C)(C)c1ccc(C2/C(=C(/O)c3ccc(Cl)cc3)C(=O)C(=O)N2Cc2cccnc2)cc1. The second-order valence-electron chi connectivity index (χ2n) is 9.17. The van der Waals surface area contributed by atoms with Crippen molar-refractivity contribution in [3.05, 3.63) is 106 Å². The van der Waals surface area contributed by atoms with Gasteiger partial charge in [0, 0.05) is 29.5 Å². The maximum absolute atomic E-state index is 13.1. The normalized spacial score (nSPS) is 18.1. The Labute approximate surface area is 198 Å². The number of Topliss-reactive ketones (excluding diaryl/α,β-unsaturated/α-hetero) is 1. The first-order valence-electron chi connectivity index (χ1n) is 10.7. The smallest absolute Gasteiger partial charge is 0.295 e. The van der Waals surface area contributed by atoms with Gasteiger partial charge in [-0.15, -0.1) is 0 Å². The van der Waals surface area contributed by atoms with E-state index in [4.69, 9.17) is 11.6 Å². The molecule has 0 spiro atoms. The fraction of sp³-hybridized carbons (Fsp3) is 0.222. The van der Waals surface area contributed by atoms with Crippen LogP contribution in [-0.2, 0) is 21.5 Å². The zero-order valence-corrected chi connectivity index (χ0v) is 19.5. The molecule has 1 aliphatic heterocycles. The highest BCUT2D eigenvalue weighted by Gasteiger charge is 2.46. The molecule has 1 unspecified atom stereocenters. The van der Waals surface area contributed by atoms with Crippen LogP contribution in [0.1, 0.15) is 49.1 Å². The Morgan fingerprint density at radius 1 is 1.03 bits per heavy atom. The minimum absolute atomic E-state index is 0.0423. The molecule has 4 rings (SSSR count). The maximum atomic E-state index is 13.1. The summed E-state index contributed by atoms with van der Waals surface area (Å²) in [4.78, 5) is 31.9. The molecule has 1 aromatic heterocycles. The first-order chi connectivity index (χ1) is 15.7. The third-order valence-electron chi connectivity index (χ3n) is 5.83. The van der Waals surface area contributed by atoms with Crippen molar-refractivity contribution in [1.29, 1.82) is 0 Å². The molecule has 2 aromatic carbocycles. The van der Waals surface area contributed by atoms with Crippen molar-refractivity contribution in [1.82, 2.24) is 9.88 Å². The van der Waals surface area contributed by atoms with E-state index >= 15 is 0 Å². The van der Waals surface area contributed by atoms with Crippen molar-refractivity contribution < 1.29 is 14.7 Å². The Bertz CT molecular complexity index is 1210. The van der Waals surface area contributed by atoms with Crippen LogP contribution in [0, 0.1) is 0 Å². The summed E-state index contributed by atoms with van der Waals surface area (Å²) in [7, 11) is 0. The van der Waals surface area contributed by atoms with Crippen molar-refractivity contribution in [3.8, 4) is 0 Å². The molecule has 0 bridgehead atoms. The van der Waals surface area contributed by atoms with Crippen molar-refractivity contribution in [3.63, 3.8) is 0 Å². The number of likely N-dealkylation sites (tertiary alicyclic amines) is 1. The number of carbonyl (C=O) groups excluding carboxylic acids is 2. The van der Waals surface area contributed by atoms with E-state index in [1.165, 1.54) is 4.90 Å². The number of aromatic nitrogens is 1. The Morgan fingerprint density at radius 3 is 2.27 bits per heavy atom. The second kappa shape index (κ2) is 8.83. The molecule has 1 aliphatic rings. The van der Waals surface area contributed by atoms with Crippen LogP contribution < -0.4 is 0 Å². The lowest BCUT2D eigenvalue weighted by molar-refractivity contribution is -0.140. The molecule has 0 radical (unpaired) electrons. The summed E-state index contributed by atoms with van der Waals surface area (Å²) in [6.07, 6.45) is 3.32. The number of nitrogens with zero attached hydrogens (tertiary/aromatic N) is 2. The molecular weight excluding hydrogens is 436 g/mol. The minimum Gasteiger partial charge on any atom is -0.507 e. The van der Waals surface area contributed by atoms with Crippen LogP contribution in [0.5, 0.6) is 0 Å². The average molecular weight is 461 g/mol. The van der Waals surface area contributed by atoms with Crippen LogP contribution in [0.2, 0.25) is 5.02 Å². The van der Waals surface area contributed by atoms with Gasteiger partial charge >= 0.3 is 0 Å². The molecule has 1 N–H and O–H groups in total. The van der Waals surface area contributed by atoms with Crippen LogP contribution in [0.15, 0.2) is 78.6 Å². The van der Waals surface area contributed by atoms with E-state index in [1.54, 1.807) is 42.7 Å². The van der Waals surface area contributed by atoms with E-state index in [1.807, 2.05) is 30.3 Å². The van der Waals surface area contributed by atoms with Crippen LogP contribution in [0.4, 0.5) is 0 Å². The Hall–Kier alpha value is -3.44. The summed E-state index contributed by atoms with van der Waals surface area (Å²) in [6, 6.07) is 17.3. The predicted octanol–water partition coefficient (Wildman–Crippen LogP) is 5.65. The topological polar surface area (TPSA) is 70.5 Å². The summed E-state index contributed by atoms with van der Waals surface area (Å²) in [5, 5.41) is 11.6. The van der Waals surface area contributed by atoms with Gasteiger partial charge in [0.15, 0.2) is 0 Å². The predicted molar refractivity (Wildman–Crippen MR) is 129 cm³/mol. The van der Waals surface area contributed by atoms with E-state index in [9.17, 15) is 14.7 Å². The van der Waals surface area contributed by atoms with Crippen LogP contribution in [0.25, 0.3) is 5.76 Å². The Kier molecular flexibility index (Phi) is 6.09. The van der Waals surface area contributed by atoms with Gasteiger partial charge in [-0.25, -0.2) is 0 Å². The molecular formula is C27H25ClN2O3. The van der Waals surface area contributed by atoms with Crippen LogP contribution >= 0.6 is 11.6 Å². The van der Waals surface area contributed by atoms with Crippen molar-refractivity contribution in [2.24, 2.45) is 0 Å². The van der Waals surface area contributed by atoms with Crippen molar-refractivity contribution >= 4 is 29.1 Å². The summed E-state index contributed by atoms with van der Waals surface area (Å²) in [6.45, 7) is 6.56. The van der Waals surface area contributed by atoms with Gasteiger partial charge in [-0.05, 0) is 52.4 Å². The molecule has 5 nitrogen and oxygen atoms in total. The number of amides is 1. The van der Waals surface area contributed by atoms with E-state index in [0.29, 0.717) is 10.6 Å². The zero-order chi connectivity index (χ0) is 23.8. The number of ketones is 1. The van der Waals surface area contributed by atoms with Gasteiger partial charge in [0.25, 0.3) is 11.7 Å². The molecule has 1 fully saturated rings. The third-order valence-corrected chi connectivity index (χ3v) is 6.08. The van der Waals surface area contributed by atoms with E-state index in [-0.39, 0.29) is 23.3 Å². The standard InChI is InChI=1S/C27H25ClN2O3/c1-27(2,3)20-10-6-18(7-11-20)23-22(24(31)19-8-12-21(28)13-9-19)25(32)26(33)30(23)16-17-5-4-14-29-15-17/h4-15,23,31H,16H2,1-3H3/b24-22-. The Balaban J connectivity index is 1.85. The van der Waals surface area contributed by atoms with Crippen molar-refractivity contribution in [2.45, 2.75) is 38.8 Å². The molecule has 6 heteroatoms. The number of hydrogen-bond acceptors (Lipinski definition) is 4. The summed E-state index contributed by atoms with van der Waals surface area (Å²) in [5.41, 5.74) is 3.13. The minimum atomic E-state index is -0.727. The molecule has 0 aliphatic carbocycles. The molecule has 0 saturated carbocycles. The lowest BCUT2D eigenvalue weighted by Gasteiger charge is -2.26. The quantitative estimate of drug-likeness (QED) is 0.310. The highest BCUT2D eigenvalue weighted by atomic mass is 35.5. The van der Waals surface area contributed by atoms with Gasteiger partial charge in [-0.3, -0.25) is 14.6 Å². The molecule has 2 heterocycles. The highest BCUT2D eigenvalue weighted by molar-refractivity contribution is 6.46. The molecule has 168 valence electrons. The maximum Gasteiger partial charge on any atom is 0.295 e. The molecule has 33 heavy (non-hydrogen) atoms. The fourth-order valence-electron chi connectivity index (χ4n) is 4.01. The number of hydrogen-bond donors (Lipinski definition) is 1.